The molecule has 4 aromatic carbocycles. The molecule has 2 heteroatoms. The van der Waals surface area contributed by atoms with Crippen molar-refractivity contribution in [2.45, 2.75) is 37.8 Å². The zero-order chi connectivity index (χ0) is 19.2. The van der Waals surface area contributed by atoms with E-state index < -0.39 is 0 Å². The lowest BCUT2D eigenvalue weighted by atomic mass is 9.89. The van der Waals surface area contributed by atoms with Crippen LogP contribution in [0.2, 0.25) is 0 Å². The van der Waals surface area contributed by atoms with E-state index in [1.165, 1.54) is 58.6 Å². The highest BCUT2D eigenvalue weighted by Gasteiger charge is 2.42. The molecule has 0 radical (unpaired) electrons. The van der Waals surface area contributed by atoms with E-state index in [1.54, 1.807) is 0 Å². The maximum atomic E-state index is 2.69. The van der Waals surface area contributed by atoms with E-state index in [0.29, 0.717) is 12.1 Å². The third kappa shape index (κ3) is 2.70. The molecule has 6 rings (SSSR count). The van der Waals surface area contributed by atoms with Crippen molar-refractivity contribution in [1.82, 2.24) is 0 Å². The Morgan fingerprint density at radius 1 is 0.517 bits per heavy atom. The van der Waals surface area contributed by atoms with Crippen molar-refractivity contribution in [3.63, 3.8) is 0 Å². The first-order valence-electron chi connectivity index (χ1n) is 10.9. The maximum Gasteiger partial charge on any atom is 0.0910 e. The molecular weight excluding hydrogens is 352 g/mol. The maximum absolute atomic E-state index is 2.69. The van der Waals surface area contributed by atoms with Crippen molar-refractivity contribution in [2.75, 3.05) is 16.5 Å². The van der Waals surface area contributed by atoms with Crippen LogP contribution in [0.15, 0.2) is 84.9 Å². The zero-order valence-electron chi connectivity index (χ0n) is 16.7. The van der Waals surface area contributed by atoms with Crippen LogP contribution in [0.5, 0.6) is 0 Å². The molecule has 144 valence electrons. The molecule has 0 amide bonds. The predicted octanol–water partition coefficient (Wildman–Crippen LogP) is 6.59. The molecule has 1 aliphatic carbocycles. The van der Waals surface area contributed by atoms with Crippen LogP contribution in [0.1, 0.15) is 25.7 Å². The Balaban J connectivity index is 1.48. The van der Waals surface area contributed by atoms with Crippen LogP contribution in [0.3, 0.4) is 0 Å². The largest absolute Gasteiger partial charge is 0.348 e. The van der Waals surface area contributed by atoms with Crippen molar-refractivity contribution < 1.29 is 0 Å². The summed E-state index contributed by atoms with van der Waals surface area (Å²) in [6, 6.07) is 32.4. The number of rotatable bonds is 2. The second-order valence-corrected chi connectivity index (χ2v) is 8.50. The lowest BCUT2D eigenvalue weighted by Gasteiger charge is -2.34. The Hall–Kier alpha value is -3.00. The second kappa shape index (κ2) is 6.81. The summed E-state index contributed by atoms with van der Waals surface area (Å²) < 4.78 is 0. The first-order valence-corrected chi connectivity index (χ1v) is 10.9. The van der Waals surface area contributed by atoms with Gasteiger partial charge in [0.1, 0.15) is 0 Å². The molecule has 2 fully saturated rings. The fourth-order valence-corrected chi connectivity index (χ4v) is 5.62. The standard InChI is InChI=1S/C27H26N2/c1-3-13-22-20(9-1)11-7-17-24(22)28-19-29(27-16-6-5-15-26(27)28)25-18-8-12-21-10-2-4-14-23(21)25/h1-4,7-14,17-18,26-27H,5-6,15-16,19H2/t26-,27-/m1/s1. The molecule has 2 atom stereocenters. The van der Waals surface area contributed by atoms with Gasteiger partial charge >= 0.3 is 0 Å². The zero-order valence-corrected chi connectivity index (χ0v) is 16.7. The molecule has 4 aromatic rings. The average Bonchev–Trinajstić information content (AvgIpc) is 3.18. The Kier molecular flexibility index (Phi) is 3.97. The fourth-order valence-electron chi connectivity index (χ4n) is 5.62. The van der Waals surface area contributed by atoms with Gasteiger partial charge in [-0.25, -0.2) is 0 Å². The van der Waals surface area contributed by atoms with Gasteiger partial charge in [-0.1, -0.05) is 85.6 Å². The van der Waals surface area contributed by atoms with Crippen molar-refractivity contribution in [1.29, 1.82) is 0 Å². The van der Waals surface area contributed by atoms with Gasteiger partial charge in [-0.3, -0.25) is 0 Å². The van der Waals surface area contributed by atoms with Crippen molar-refractivity contribution in [2.24, 2.45) is 0 Å². The number of anilines is 2. The highest BCUT2D eigenvalue weighted by Crippen LogP contribution is 2.42. The van der Waals surface area contributed by atoms with Crippen LogP contribution < -0.4 is 9.80 Å². The van der Waals surface area contributed by atoms with E-state index in [2.05, 4.69) is 94.7 Å². The summed E-state index contributed by atoms with van der Waals surface area (Å²) in [6.45, 7) is 0.970. The third-order valence-electron chi connectivity index (χ3n) is 6.95. The van der Waals surface area contributed by atoms with E-state index in [9.17, 15) is 0 Å². The van der Waals surface area contributed by atoms with E-state index in [1.807, 2.05) is 0 Å². The molecule has 1 aliphatic heterocycles. The van der Waals surface area contributed by atoms with Crippen LogP contribution in [0.4, 0.5) is 11.4 Å². The van der Waals surface area contributed by atoms with Crippen LogP contribution in [-0.4, -0.2) is 18.8 Å². The summed E-state index contributed by atoms with van der Waals surface area (Å²) in [5.74, 6) is 0. The molecule has 0 unspecified atom stereocenters. The molecule has 0 N–H and O–H groups in total. The third-order valence-corrected chi connectivity index (χ3v) is 6.95. The van der Waals surface area contributed by atoms with Crippen molar-refractivity contribution >= 4 is 32.9 Å². The number of fused-ring (bicyclic) bond motifs is 3. The Labute approximate surface area is 172 Å². The van der Waals surface area contributed by atoms with Crippen LogP contribution in [0.25, 0.3) is 21.5 Å². The summed E-state index contributed by atoms with van der Waals surface area (Å²) in [6.07, 6.45) is 5.25. The van der Waals surface area contributed by atoms with Gasteiger partial charge in [0.15, 0.2) is 0 Å². The molecule has 2 nitrogen and oxygen atoms in total. The summed E-state index contributed by atoms with van der Waals surface area (Å²) in [5.41, 5.74) is 2.78. The summed E-state index contributed by atoms with van der Waals surface area (Å²) in [4.78, 5) is 5.38. The van der Waals surface area contributed by atoms with Crippen LogP contribution >= 0.6 is 0 Å². The van der Waals surface area contributed by atoms with Gasteiger partial charge in [-0.15, -0.1) is 0 Å². The van der Waals surface area contributed by atoms with E-state index in [-0.39, 0.29) is 0 Å². The van der Waals surface area contributed by atoms with Gasteiger partial charge < -0.3 is 9.80 Å². The predicted molar refractivity (Wildman–Crippen MR) is 124 cm³/mol. The van der Waals surface area contributed by atoms with E-state index >= 15 is 0 Å². The monoisotopic (exact) mass is 378 g/mol. The van der Waals surface area contributed by atoms with E-state index in [0.717, 1.165) is 6.67 Å². The lowest BCUT2D eigenvalue weighted by Crippen LogP contribution is -2.40. The minimum absolute atomic E-state index is 0.591. The van der Waals surface area contributed by atoms with Gasteiger partial charge in [0.25, 0.3) is 0 Å². The smallest absolute Gasteiger partial charge is 0.0910 e. The number of hydrogen-bond acceptors (Lipinski definition) is 2. The highest BCUT2D eigenvalue weighted by molar-refractivity contribution is 5.97. The van der Waals surface area contributed by atoms with Crippen LogP contribution in [0, 0.1) is 0 Å². The minimum Gasteiger partial charge on any atom is -0.348 e. The Morgan fingerprint density at radius 2 is 0.966 bits per heavy atom. The number of hydrogen-bond donors (Lipinski definition) is 0. The van der Waals surface area contributed by atoms with Gasteiger partial charge in [0.05, 0.1) is 18.8 Å². The fraction of sp³-hybridized carbons (Fsp3) is 0.259. The Bertz CT molecular complexity index is 1080. The molecule has 0 spiro atoms. The molecule has 0 bridgehead atoms. The minimum atomic E-state index is 0.591. The summed E-state index contributed by atoms with van der Waals surface area (Å²) in [5, 5.41) is 5.42. The summed E-state index contributed by atoms with van der Waals surface area (Å²) in [7, 11) is 0. The molecule has 0 aromatic heterocycles. The first-order chi connectivity index (χ1) is 14.4. The number of nitrogens with zero attached hydrogens (tertiary/aromatic N) is 2. The van der Waals surface area contributed by atoms with Gasteiger partial charge in [0.2, 0.25) is 0 Å². The molecule has 1 saturated carbocycles. The highest BCUT2D eigenvalue weighted by atomic mass is 15.4. The average molecular weight is 379 g/mol. The molecule has 29 heavy (non-hydrogen) atoms. The molecule has 1 heterocycles. The summed E-state index contributed by atoms with van der Waals surface area (Å²) >= 11 is 0. The first kappa shape index (κ1) is 16.9. The SMILES string of the molecule is c1ccc2c(N3CN(c4cccc5ccccc45)[C@@H]4CCCC[C@H]43)cccc2c1. The topological polar surface area (TPSA) is 6.48 Å². The second-order valence-electron chi connectivity index (χ2n) is 8.50. The quantitative estimate of drug-likeness (QED) is 0.388. The van der Waals surface area contributed by atoms with E-state index in [4.69, 9.17) is 0 Å². The lowest BCUT2D eigenvalue weighted by molar-refractivity contribution is 0.409. The van der Waals surface area contributed by atoms with Gasteiger partial charge in [0, 0.05) is 22.1 Å². The van der Waals surface area contributed by atoms with Gasteiger partial charge in [-0.2, -0.15) is 0 Å². The van der Waals surface area contributed by atoms with Crippen molar-refractivity contribution in [3.05, 3.63) is 84.9 Å². The van der Waals surface area contributed by atoms with Gasteiger partial charge in [-0.05, 0) is 35.7 Å². The normalized spacial score (nSPS) is 21.7. The molecule has 2 aliphatic rings. The molecular formula is C27H26N2. The Morgan fingerprint density at radius 3 is 1.48 bits per heavy atom. The van der Waals surface area contributed by atoms with Crippen molar-refractivity contribution in [3.8, 4) is 0 Å². The van der Waals surface area contributed by atoms with Crippen LogP contribution in [-0.2, 0) is 0 Å². The molecule has 1 saturated heterocycles. The number of benzene rings is 4.